The highest BCUT2D eigenvalue weighted by Gasteiger charge is 2.40. The quantitative estimate of drug-likeness (QED) is 0.709. The summed E-state index contributed by atoms with van der Waals surface area (Å²) in [5, 5.41) is 13.2. The first-order valence-corrected chi connectivity index (χ1v) is 11.2. The van der Waals surface area contributed by atoms with Crippen LogP contribution in [0.25, 0.3) is 0 Å². The van der Waals surface area contributed by atoms with Gasteiger partial charge in [0.05, 0.1) is 35.2 Å². The predicted octanol–water partition coefficient (Wildman–Crippen LogP) is 2.30. The molecule has 2 N–H and O–H groups in total. The van der Waals surface area contributed by atoms with Gasteiger partial charge in [-0.25, -0.2) is 13.2 Å². The van der Waals surface area contributed by atoms with E-state index >= 15 is 0 Å². The molecule has 0 bridgehead atoms. The molecule has 1 saturated heterocycles. The minimum atomic E-state index is -3.41. The molecule has 9 heteroatoms. The van der Waals surface area contributed by atoms with E-state index in [2.05, 4.69) is 21.2 Å². The Morgan fingerprint density at radius 3 is 2.56 bits per heavy atom. The van der Waals surface area contributed by atoms with E-state index in [-0.39, 0.29) is 11.5 Å². The molecule has 0 unspecified atom stereocenters. The third-order valence-electron chi connectivity index (χ3n) is 4.21. The van der Waals surface area contributed by atoms with Crippen molar-refractivity contribution in [1.29, 1.82) is 0 Å². The maximum Gasteiger partial charge on any atom is 0.407 e. The largest absolute Gasteiger partial charge is 0.496 e. The van der Waals surface area contributed by atoms with E-state index in [0.29, 0.717) is 12.2 Å². The van der Waals surface area contributed by atoms with Crippen LogP contribution in [0.5, 0.6) is 5.75 Å². The summed E-state index contributed by atoms with van der Waals surface area (Å²) < 4.78 is 35.7. The number of aliphatic hydroxyl groups excluding tert-OH is 1. The molecular formula is C18H26BrNO6S. The van der Waals surface area contributed by atoms with Gasteiger partial charge in [0.25, 0.3) is 0 Å². The van der Waals surface area contributed by atoms with Gasteiger partial charge in [0.15, 0.2) is 9.84 Å². The Kier molecular flexibility index (Phi) is 6.81. The van der Waals surface area contributed by atoms with Crippen LogP contribution in [0, 0.1) is 5.92 Å². The summed E-state index contributed by atoms with van der Waals surface area (Å²) in [5.74, 6) is -0.315. The van der Waals surface area contributed by atoms with E-state index in [1.54, 1.807) is 33.9 Å². The molecule has 1 aromatic rings. The Morgan fingerprint density at radius 1 is 1.33 bits per heavy atom. The number of amides is 1. The second-order valence-corrected chi connectivity index (χ2v) is 10.8. The van der Waals surface area contributed by atoms with Crippen molar-refractivity contribution in [2.45, 2.75) is 44.9 Å². The zero-order valence-electron chi connectivity index (χ0n) is 15.9. The number of rotatable bonds is 4. The minimum absolute atomic E-state index is 0.135. The van der Waals surface area contributed by atoms with Crippen molar-refractivity contribution in [2.24, 2.45) is 5.92 Å². The molecule has 0 aromatic heterocycles. The van der Waals surface area contributed by atoms with Crippen molar-refractivity contribution in [3.63, 3.8) is 0 Å². The predicted molar refractivity (Wildman–Crippen MR) is 106 cm³/mol. The number of ether oxygens (including phenoxy) is 2. The Labute approximate surface area is 168 Å². The van der Waals surface area contributed by atoms with Crippen LogP contribution in [0.4, 0.5) is 4.79 Å². The molecule has 2 rings (SSSR count). The van der Waals surface area contributed by atoms with Gasteiger partial charge >= 0.3 is 6.09 Å². The molecule has 152 valence electrons. The lowest BCUT2D eigenvalue weighted by molar-refractivity contribution is 0.0358. The lowest BCUT2D eigenvalue weighted by Gasteiger charge is -2.35. The molecule has 0 spiro atoms. The van der Waals surface area contributed by atoms with Crippen LogP contribution in [0.1, 0.15) is 26.3 Å². The number of carbonyl (C=O) groups excluding carboxylic acids is 1. The smallest absolute Gasteiger partial charge is 0.407 e. The molecule has 27 heavy (non-hydrogen) atoms. The number of nitrogens with one attached hydrogen (secondary N) is 1. The van der Waals surface area contributed by atoms with Crippen LogP contribution in [0.15, 0.2) is 22.7 Å². The number of methoxy groups -OCH3 is 1. The highest BCUT2D eigenvalue weighted by atomic mass is 79.9. The van der Waals surface area contributed by atoms with Gasteiger partial charge < -0.3 is 19.9 Å². The Hall–Kier alpha value is -1.32. The topological polar surface area (TPSA) is 102 Å². The van der Waals surface area contributed by atoms with Crippen LogP contribution in [-0.4, -0.2) is 56.0 Å². The van der Waals surface area contributed by atoms with Gasteiger partial charge in [0.1, 0.15) is 11.4 Å². The summed E-state index contributed by atoms with van der Waals surface area (Å²) in [7, 11) is -1.85. The number of aliphatic hydroxyl groups is 1. The second-order valence-electron chi connectivity index (χ2n) is 7.75. The number of alkyl carbamates (subject to hydrolysis) is 1. The summed E-state index contributed by atoms with van der Waals surface area (Å²) >= 11 is 3.40. The second kappa shape index (κ2) is 8.36. The van der Waals surface area contributed by atoms with Crippen LogP contribution < -0.4 is 10.1 Å². The van der Waals surface area contributed by atoms with E-state index in [0.717, 1.165) is 10.0 Å². The molecule has 3 atom stereocenters. The maximum atomic E-state index is 12.3. The van der Waals surface area contributed by atoms with Crippen LogP contribution in [0.2, 0.25) is 0 Å². The van der Waals surface area contributed by atoms with Gasteiger partial charge in [-0.2, -0.15) is 0 Å². The number of hydrogen-bond donors (Lipinski definition) is 2. The lowest BCUT2D eigenvalue weighted by atomic mass is 9.91. The van der Waals surface area contributed by atoms with Crippen LogP contribution >= 0.6 is 15.9 Å². The fourth-order valence-electron chi connectivity index (χ4n) is 3.10. The van der Waals surface area contributed by atoms with Gasteiger partial charge in [0.2, 0.25) is 0 Å². The third kappa shape index (κ3) is 6.36. The fraction of sp³-hybridized carbons (Fsp3) is 0.611. The number of benzene rings is 1. The Morgan fingerprint density at radius 2 is 2.00 bits per heavy atom. The standard InChI is InChI=1S/C18H26BrNO6S/c1-18(2,3)26-17(22)20-14-10-27(23,24)9-12(16(14)21)7-11-5-6-15(25-4)13(19)8-11/h5-6,8,12,14,16,21H,7,9-10H2,1-4H3,(H,20,22)/t12-,14+,16+/m1/s1. The Balaban J connectivity index is 2.14. The van der Waals surface area contributed by atoms with Crippen LogP contribution in [-0.2, 0) is 21.0 Å². The number of hydrogen-bond acceptors (Lipinski definition) is 6. The fourth-order valence-corrected chi connectivity index (χ4v) is 5.62. The number of sulfone groups is 1. The third-order valence-corrected chi connectivity index (χ3v) is 6.64. The molecule has 1 amide bonds. The van der Waals surface area contributed by atoms with Crippen molar-refractivity contribution in [1.82, 2.24) is 5.32 Å². The molecule has 1 heterocycles. The molecular weight excluding hydrogens is 438 g/mol. The number of carbonyl (C=O) groups is 1. The molecule has 0 saturated carbocycles. The van der Waals surface area contributed by atoms with Crippen molar-refractivity contribution >= 4 is 31.9 Å². The van der Waals surface area contributed by atoms with Gasteiger partial charge in [-0.1, -0.05) is 6.07 Å². The zero-order valence-corrected chi connectivity index (χ0v) is 18.3. The maximum absolute atomic E-state index is 12.3. The molecule has 1 fully saturated rings. The van der Waals surface area contributed by atoms with E-state index in [9.17, 15) is 18.3 Å². The normalized spacial score (nSPS) is 24.9. The van der Waals surface area contributed by atoms with E-state index in [4.69, 9.17) is 9.47 Å². The summed E-state index contributed by atoms with van der Waals surface area (Å²) in [5.41, 5.74) is 0.150. The molecule has 1 aromatic carbocycles. The molecule has 7 nitrogen and oxygen atoms in total. The summed E-state index contributed by atoms with van der Waals surface area (Å²) in [6.07, 6.45) is -1.38. The number of halogens is 1. The average Bonchev–Trinajstić information content (AvgIpc) is 2.49. The van der Waals surface area contributed by atoms with Gasteiger partial charge in [-0.15, -0.1) is 0 Å². The summed E-state index contributed by atoms with van der Waals surface area (Å²) in [4.78, 5) is 12.0. The lowest BCUT2D eigenvalue weighted by Crippen LogP contribution is -2.56. The first kappa shape index (κ1) is 22.0. The zero-order chi connectivity index (χ0) is 20.4. The highest BCUT2D eigenvalue weighted by molar-refractivity contribution is 9.10. The highest BCUT2D eigenvalue weighted by Crippen LogP contribution is 2.29. The van der Waals surface area contributed by atoms with E-state index < -0.39 is 39.6 Å². The molecule has 0 radical (unpaired) electrons. The summed E-state index contributed by atoms with van der Waals surface area (Å²) in [6.45, 7) is 5.14. The average molecular weight is 464 g/mol. The molecule has 1 aliphatic heterocycles. The van der Waals surface area contributed by atoms with Gasteiger partial charge in [-0.3, -0.25) is 0 Å². The first-order chi connectivity index (χ1) is 12.4. The SMILES string of the molecule is COc1ccc(C[C@@H]2CS(=O)(=O)C[C@H](NC(=O)OC(C)(C)C)[C@H]2O)cc1Br. The van der Waals surface area contributed by atoms with Crippen molar-refractivity contribution in [3.8, 4) is 5.75 Å². The van der Waals surface area contributed by atoms with E-state index in [1.165, 1.54) is 0 Å². The summed E-state index contributed by atoms with van der Waals surface area (Å²) in [6, 6.07) is 4.53. The Bertz CT molecular complexity index is 790. The monoisotopic (exact) mass is 463 g/mol. The molecule has 0 aliphatic carbocycles. The first-order valence-electron chi connectivity index (χ1n) is 8.60. The van der Waals surface area contributed by atoms with Crippen molar-refractivity contribution in [2.75, 3.05) is 18.6 Å². The van der Waals surface area contributed by atoms with Gasteiger partial charge in [-0.05, 0) is 60.8 Å². The van der Waals surface area contributed by atoms with Crippen molar-refractivity contribution in [3.05, 3.63) is 28.2 Å². The minimum Gasteiger partial charge on any atom is -0.496 e. The van der Waals surface area contributed by atoms with Crippen molar-refractivity contribution < 1.29 is 27.8 Å². The van der Waals surface area contributed by atoms with E-state index in [1.807, 2.05) is 12.1 Å². The van der Waals surface area contributed by atoms with Gasteiger partial charge in [0, 0.05) is 5.92 Å². The van der Waals surface area contributed by atoms with Crippen LogP contribution in [0.3, 0.4) is 0 Å². The molecule has 1 aliphatic rings.